The zero-order valence-electron chi connectivity index (χ0n) is 12.5. The summed E-state index contributed by atoms with van der Waals surface area (Å²) in [6.07, 6.45) is 9.54. The molecule has 2 amide bonds. The summed E-state index contributed by atoms with van der Waals surface area (Å²) in [6.45, 7) is 0. The van der Waals surface area contributed by atoms with Gasteiger partial charge in [-0.3, -0.25) is 14.5 Å². The average Bonchev–Trinajstić information content (AvgIpc) is 2.67. The fourth-order valence-electron chi connectivity index (χ4n) is 4.48. The fourth-order valence-corrected chi connectivity index (χ4v) is 4.77. The SMILES string of the molecule is NC(=S)C1(N2C(=O)C3CCCCC3C2=O)CCCCCC1. The van der Waals surface area contributed by atoms with Gasteiger partial charge in [0.05, 0.1) is 16.8 Å². The highest BCUT2D eigenvalue weighted by Gasteiger charge is 2.56. The molecule has 0 bridgehead atoms. The molecule has 2 aliphatic carbocycles. The highest BCUT2D eigenvalue weighted by Crippen LogP contribution is 2.44. The summed E-state index contributed by atoms with van der Waals surface area (Å²) in [5.41, 5.74) is 5.37. The molecule has 1 aliphatic heterocycles. The molecule has 2 saturated carbocycles. The van der Waals surface area contributed by atoms with Gasteiger partial charge in [-0.2, -0.15) is 0 Å². The minimum absolute atomic E-state index is 0.000556. The van der Waals surface area contributed by atoms with Crippen molar-refractivity contribution in [2.45, 2.75) is 69.7 Å². The van der Waals surface area contributed by atoms with E-state index in [0.717, 1.165) is 64.2 Å². The molecule has 3 fully saturated rings. The van der Waals surface area contributed by atoms with Crippen LogP contribution < -0.4 is 5.73 Å². The zero-order chi connectivity index (χ0) is 15.0. The van der Waals surface area contributed by atoms with Gasteiger partial charge in [0.1, 0.15) is 5.54 Å². The summed E-state index contributed by atoms with van der Waals surface area (Å²) in [5, 5.41) is 0. The molecule has 0 aromatic carbocycles. The first-order chi connectivity index (χ1) is 10.1. The van der Waals surface area contributed by atoms with Crippen molar-refractivity contribution in [2.75, 3.05) is 0 Å². The maximum atomic E-state index is 12.9. The first kappa shape index (κ1) is 14.9. The number of amides is 2. The number of imide groups is 1. The van der Waals surface area contributed by atoms with E-state index in [2.05, 4.69) is 0 Å². The van der Waals surface area contributed by atoms with Crippen molar-refractivity contribution >= 4 is 29.0 Å². The zero-order valence-corrected chi connectivity index (χ0v) is 13.3. The molecule has 2 atom stereocenters. The van der Waals surface area contributed by atoms with Crippen molar-refractivity contribution in [1.82, 2.24) is 4.90 Å². The minimum Gasteiger partial charge on any atom is -0.391 e. The summed E-state index contributed by atoms with van der Waals surface area (Å²) in [4.78, 5) is 27.6. The normalized spacial score (nSPS) is 32.7. The third-order valence-electron chi connectivity index (χ3n) is 5.66. The van der Waals surface area contributed by atoms with Crippen LogP contribution in [0.5, 0.6) is 0 Å². The molecule has 5 heteroatoms. The van der Waals surface area contributed by atoms with E-state index in [4.69, 9.17) is 18.0 Å². The third-order valence-corrected chi connectivity index (χ3v) is 6.04. The first-order valence-corrected chi connectivity index (χ1v) is 8.66. The molecule has 3 rings (SSSR count). The van der Waals surface area contributed by atoms with Crippen molar-refractivity contribution in [3.05, 3.63) is 0 Å². The lowest BCUT2D eigenvalue weighted by atomic mass is 9.81. The van der Waals surface area contributed by atoms with Gasteiger partial charge in [-0.1, -0.05) is 50.7 Å². The van der Waals surface area contributed by atoms with Crippen molar-refractivity contribution in [2.24, 2.45) is 17.6 Å². The molecule has 21 heavy (non-hydrogen) atoms. The predicted molar refractivity (Wildman–Crippen MR) is 84.5 cm³/mol. The van der Waals surface area contributed by atoms with Gasteiger partial charge in [0.2, 0.25) is 11.8 Å². The minimum atomic E-state index is -0.683. The van der Waals surface area contributed by atoms with Crippen molar-refractivity contribution in [3.8, 4) is 0 Å². The van der Waals surface area contributed by atoms with Gasteiger partial charge in [-0.15, -0.1) is 0 Å². The Balaban J connectivity index is 1.97. The van der Waals surface area contributed by atoms with Gasteiger partial charge in [0.25, 0.3) is 0 Å². The number of carbonyl (C=O) groups is 2. The third kappa shape index (κ3) is 2.30. The van der Waals surface area contributed by atoms with Crippen LogP contribution in [0.1, 0.15) is 64.2 Å². The number of rotatable bonds is 2. The quantitative estimate of drug-likeness (QED) is 0.484. The van der Waals surface area contributed by atoms with E-state index in [1.165, 1.54) is 4.90 Å². The summed E-state index contributed by atoms with van der Waals surface area (Å²) in [5.74, 6) is -0.222. The maximum absolute atomic E-state index is 12.9. The van der Waals surface area contributed by atoms with E-state index in [9.17, 15) is 9.59 Å². The number of nitrogens with zero attached hydrogens (tertiary/aromatic N) is 1. The lowest BCUT2D eigenvalue weighted by Crippen LogP contribution is -2.59. The largest absolute Gasteiger partial charge is 0.391 e. The second kappa shape index (κ2) is 5.67. The highest BCUT2D eigenvalue weighted by atomic mass is 32.1. The van der Waals surface area contributed by atoms with Crippen LogP contribution in [-0.4, -0.2) is 27.2 Å². The van der Waals surface area contributed by atoms with Crippen LogP contribution in [0.15, 0.2) is 0 Å². The molecule has 0 aromatic rings. The second-order valence-electron chi connectivity index (χ2n) is 6.82. The Morgan fingerprint density at radius 3 is 1.86 bits per heavy atom. The molecule has 1 heterocycles. The number of fused-ring (bicyclic) bond motifs is 1. The molecule has 1 saturated heterocycles. The summed E-state index contributed by atoms with van der Waals surface area (Å²) in [7, 11) is 0. The Kier molecular flexibility index (Phi) is 4.04. The first-order valence-electron chi connectivity index (χ1n) is 8.26. The van der Waals surface area contributed by atoms with Crippen LogP contribution in [0.3, 0.4) is 0 Å². The molecule has 0 spiro atoms. The molecular weight excluding hydrogens is 284 g/mol. The van der Waals surface area contributed by atoms with Gasteiger partial charge < -0.3 is 5.73 Å². The number of hydrogen-bond acceptors (Lipinski definition) is 3. The number of carbonyl (C=O) groups excluding carboxylic acids is 2. The summed E-state index contributed by atoms with van der Waals surface area (Å²) < 4.78 is 0. The fraction of sp³-hybridized carbons (Fsp3) is 0.812. The van der Waals surface area contributed by atoms with Crippen LogP contribution in [0, 0.1) is 11.8 Å². The average molecular weight is 308 g/mol. The molecule has 116 valence electrons. The maximum Gasteiger partial charge on any atom is 0.233 e. The Bertz CT molecular complexity index is 445. The van der Waals surface area contributed by atoms with E-state index in [1.54, 1.807) is 0 Å². The molecule has 2 unspecified atom stereocenters. The van der Waals surface area contributed by atoms with Gasteiger partial charge in [0, 0.05) is 0 Å². The van der Waals surface area contributed by atoms with Crippen LogP contribution in [-0.2, 0) is 9.59 Å². The monoisotopic (exact) mass is 308 g/mol. The Morgan fingerprint density at radius 1 is 0.952 bits per heavy atom. The van der Waals surface area contributed by atoms with Crippen molar-refractivity contribution < 1.29 is 9.59 Å². The Morgan fingerprint density at radius 2 is 1.43 bits per heavy atom. The van der Waals surface area contributed by atoms with Crippen LogP contribution in [0.2, 0.25) is 0 Å². The standard InChI is InChI=1S/C16H24N2O2S/c17-15(21)16(9-5-1-2-6-10-16)18-13(19)11-7-3-4-8-12(11)14(18)20/h11-12H,1-10H2,(H2,17,21). The van der Waals surface area contributed by atoms with Gasteiger partial charge in [-0.05, 0) is 25.7 Å². The van der Waals surface area contributed by atoms with Crippen LogP contribution in [0.25, 0.3) is 0 Å². The molecule has 3 aliphatic rings. The van der Waals surface area contributed by atoms with Gasteiger partial charge >= 0.3 is 0 Å². The van der Waals surface area contributed by atoms with Crippen molar-refractivity contribution in [3.63, 3.8) is 0 Å². The number of hydrogen-bond donors (Lipinski definition) is 1. The Hall–Kier alpha value is -0.970. The van der Waals surface area contributed by atoms with E-state index in [-0.39, 0.29) is 23.7 Å². The lowest BCUT2D eigenvalue weighted by Gasteiger charge is -2.39. The molecule has 2 N–H and O–H groups in total. The van der Waals surface area contributed by atoms with E-state index in [1.807, 2.05) is 0 Å². The summed E-state index contributed by atoms with van der Waals surface area (Å²) >= 11 is 5.33. The molecular formula is C16H24N2O2S. The van der Waals surface area contributed by atoms with Gasteiger partial charge in [-0.25, -0.2) is 0 Å². The number of likely N-dealkylation sites (tertiary alicyclic amines) is 1. The van der Waals surface area contributed by atoms with Gasteiger partial charge in [0.15, 0.2) is 0 Å². The smallest absolute Gasteiger partial charge is 0.233 e. The second-order valence-corrected chi connectivity index (χ2v) is 7.26. The highest BCUT2D eigenvalue weighted by molar-refractivity contribution is 7.80. The van der Waals surface area contributed by atoms with E-state index >= 15 is 0 Å². The number of thiocarbonyl (C=S) groups is 1. The molecule has 0 aromatic heterocycles. The van der Waals surface area contributed by atoms with Crippen LogP contribution in [0.4, 0.5) is 0 Å². The van der Waals surface area contributed by atoms with Crippen molar-refractivity contribution in [1.29, 1.82) is 0 Å². The lowest BCUT2D eigenvalue weighted by molar-refractivity contribution is -0.145. The Labute approximate surface area is 131 Å². The van der Waals surface area contributed by atoms with E-state index < -0.39 is 5.54 Å². The summed E-state index contributed by atoms with van der Waals surface area (Å²) in [6, 6.07) is 0. The molecule has 4 nitrogen and oxygen atoms in total. The van der Waals surface area contributed by atoms with E-state index in [0.29, 0.717) is 4.99 Å². The van der Waals surface area contributed by atoms with Crippen LogP contribution >= 0.6 is 12.2 Å². The topological polar surface area (TPSA) is 63.4 Å². The predicted octanol–water partition coefficient (Wildman–Crippen LogP) is 2.54. The molecule has 0 radical (unpaired) electrons. The number of nitrogens with two attached hydrogens (primary N) is 1.